The van der Waals surface area contributed by atoms with Gasteiger partial charge in [-0.15, -0.1) is 0 Å². The van der Waals surface area contributed by atoms with Gasteiger partial charge in [-0.2, -0.15) is 26.3 Å². The molecule has 2 atom stereocenters. The third kappa shape index (κ3) is 5.01. The maximum atomic E-state index is 15.0. The molecule has 2 N–H and O–H groups in total. The lowest BCUT2D eigenvalue weighted by Gasteiger charge is -2.32. The van der Waals surface area contributed by atoms with Gasteiger partial charge in [0.25, 0.3) is 5.56 Å². The Morgan fingerprint density at radius 1 is 0.900 bits per heavy atom. The summed E-state index contributed by atoms with van der Waals surface area (Å²) in [5.41, 5.74) is -0.938. The van der Waals surface area contributed by atoms with Crippen molar-refractivity contribution in [2.24, 2.45) is 0 Å². The van der Waals surface area contributed by atoms with E-state index in [1.54, 1.807) is 30.1 Å². The van der Waals surface area contributed by atoms with Gasteiger partial charge in [0.05, 0.1) is 22.7 Å². The first kappa shape index (κ1) is 27.2. The molecule has 40 heavy (non-hydrogen) atoms. The molecular formula is C28H21F7N4O. The number of hydrogen-bond donors (Lipinski definition) is 2. The van der Waals surface area contributed by atoms with Crippen LogP contribution in [0.4, 0.5) is 42.2 Å². The second kappa shape index (κ2) is 10.00. The number of aromatic amines is 1. The number of nitrogens with one attached hydrogen (secondary N) is 2. The molecule has 0 aliphatic carbocycles. The fraction of sp³-hybridized carbons (Fsp3) is 0.214. The molecule has 2 aromatic heterocycles. The maximum absolute atomic E-state index is 15.0. The van der Waals surface area contributed by atoms with Gasteiger partial charge in [0.1, 0.15) is 11.6 Å². The predicted octanol–water partition coefficient (Wildman–Crippen LogP) is 6.88. The minimum Gasteiger partial charge on any atom is -0.373 e. The maximum Gasteiger partial charge on any atom is 0.416 e. The Morgan fingerprint density at radius 3 is 2.20 bits per heavy atom. The van der Waals surface area contributed by atoms with E-state index in [4.69, 9.17) is 0 Å². The summed E-state index contributed by atoms with van der Waals surface area (Å²) in [6.45, 7) is -0.223. The number of hydrogen-bond acceptors (Lipinski definition) is 4. The second-order valence-corrected chi connectivity index (χ2v) is 9.30. The highest BCUT2D eigenvalue weighted by atomic mass is 19.4. The molecule has 2 unspecified atom stereocenters. The van der Waals surface area contributed by atoms with Crippen LogP contribution in [0, 0.1) is 5.82 Å². The predicted molar refractivity (Wildman–Crippen MR) is 134 cm³/mol. The summed E-state index contributed by atoms with van der Waals surface area (Å²) in [4.78, 5) is 21.6. The summed E-state index contributed by atoms with van der Waals surface area (Å²) in [5.74, 6) is -1.41. The number of nitrogens with zero attached hydrogens (tertiary/aromatic N) is 2. The lowest BCUT2D eigenvalue weighted by Crippen LogP contribution is -2.27. The Kier molecular flexibility index (Phi) is 6.80. The van der Waals surface area contributed by atoms with E-state index < -0.39 is 46.8 Å². The third-order valence-electron chi connectivity index (χ3n) is 6.95. The average molecular weight is 562 g/mol. The summed E-state index contributed by atoms with van der Waals surface area (Å²) in [6, 6.07) is 10.9. The summed E-state index contributed by atoms with van der Waals surface area (Å²) < 4.78 is 94.3. The van der Waals surface area contributed by atoms with Crippen molar-refractivity contribution in [1.29, 1.82) is 0 Å². The van der Waals surface area contributed by atoms with Crippen LogP contribution in [0.1, 0.15) is 45.3 Å². The Labute approximate surface area is 223 Å². The lowest BCUT2D eigenvalue weighted by molar-refractivity contribution is -0.138. The van der Waals surface area contributed by atoms with Crippen LogP contribution in [0.2, 0.25) is 0 Å². The molecule has 0 fully saturated rings. The molecule has 0 saturated heterocycles. The van der Waals surface area contributed by atoms with Crippen LogP contribution >= 0.6 is 0 Å². The molecule has 0 saturated carbocycles. The van der Waals surface area contributed by atoms with Crippen molar-refractivity contribution in [1.82, 2.24) is 9.97 Å². The first-order chi connectivity index (χ1) is 18.9. The van der Waals surface area contributed by atoms with Gasteiger partial charge in [-0.05, 0) is 53.6 Å². The molecule has 2 aromatic carbocycles. The van der Waals surface area contributed by atoms with Crippen molar-refractivity contribution in [3.8, 4) is 0 Å². The molecule has 5 nitrogen and oxygen atoms in total. The Bertz CT molecular complexity index is 1600. The van der Waals surface area contributed by atoms with Crippen molar-refractivity contribution in [3.05, 3.63) is 123 Å². The largest absolute Gasteiger partial charge is 0.416 e. The van der Waals surface area contributed by atoms with Crippen LogP contribution in [-0.4, -0.2) is 17.0 Å². The highest BCUT2D eigenvalue weighted by molar-refractivity contribution is 5.66. The van der Waals surface area contributed by atoms with E-state index in [1.807, 2.05) is 0 Å². The van der Waals surface area contributed by atoms with Gasteiger partial charge >= 0.3 is 12.4 Å². The second-order valence-electron chi connectivity index (χ2n) is 9.30. The van der Waals surface area contributed by atoms with Crippen LogP contribution < -0.4 is 15.8 Å². The number of fused-ring (bicyclic) bond motifs is 1. The van der Waals surface area contributed by atoms with E-state index in [0.29, 0.717) is 28.7 Å². The van der Waals surface area contributed by atoms with Crippen molar-refractivity contribution in [2.45, 2.75) is 30.9 Å². The normalized spacial score (nSPS) is 17.1. The van der Waals surface area contributed by atoms with Crippen molar-refractivity contribution < 1.29 is 30.7 Å². The fourth-order valence-corrected chi connectivity index (χ4v) is 5.11. The Hall–Kier alpha value is -4.35. The summed E-state index contributed by atoms with van der Waals surface area (Å²) >= 11 is 0. The zero-order valence-corrected chi connectivity index (χ0v) is 20.7. The topological polar surface area (TPSA) is 61.0 Å². The fourth-order valence-electron chi connectivity index (χ4n) is 5.11. The molecule has 208 valence electrons. The Balaban J connectivity index is 1.68. The molecule has 0 spiro atoms. The molecule has 0 amide bonds. The molecule has 1 aliphatic rings. The minimum absolute atomic E-state index is 0.0554. The van der Waals surface area contributed by atoms with Crippen LogP contribution in [0.15, 0.2) is 77.9 Å². The van der Waals surface area contributed by atoms with Gasteiger partial charge < -0.3 is 15.2 Å². The van der Waals surface area contributed by atoms with E-state index in [1.165, 1.54) is 24.5 Å². The molecule has 1 aliphatic heterocycles. The molecule has 4 aromatic rings. The minimum atomic E-state index is -4.73. The number of rotatable bonds is 5. The van der Waals surface area contributed by atoms with Crippen molar-refractivity contribution >= 4 is 11.5 Å². The van der Waals surface area contributed by atoms with Gasteiger partial charge in [0.15, 0.2) is 0 Å². The van der Waals surface area contributed by atoms with Gasteiger partial charge in [0.2, 0.25) is 0 Å². The van der Waals surface area contributed by atoms with E-state index >= 15 is 0 Å². The SMILES string of the molecule is CNc1cc(C2C(c3ccc(C(F)(F)F)cc3)c3c(cc[nH]c3=O)N2Cc2ccc(C(F)(F)F)cc2F)ccn1. The quantitative estimate of drug-likeness (QED) is 0.261. The first-order valence-electron chi connectivity index (χ1n) is 12.0. The van der Waals surface area contributed by atoms with Gasteiger partial charge in [-0.3, -0.25) is 4.79 Å². The number of alkyl halides is 6. The van der Waals surface area contributed by atoms with E-state index in [2.05, 4.69) is 15.3 Å². The lowest BCUT2D eigenvalue weighted by atomic mass is 9.84. The van der Waals surface area contributed by atoms with Gasteiger partial charge in [-0.1, -0.05) is 18.2 Å². The summed E-state index contributed by atoms with van der Waals surface area (Å²) in [5, 5.41) is 2.91. The summed E-state index contributed by atoms with van der Waals surface area (Å²) in [6.07, 6.45) is -6.41. The smallest absolute Gasteiger partial charge is 0.373 e. The average Bonchev–Trinajstić information content (AvgIpc) is 3.24. The highest BCUT2D eigenvalue weighted by Gasteiger charge is 2.43. The van der Waals surface area contributed by atoms with Crippen molar-refractivity contribution in [2.75, 3.05) is 17.3 Å². The van der Waals surface area contributed by atoms with Gasteiger partial charge in [0, 0.05) is 43.2 Å². The van der Waals surface area contributed by atoms with Crippen LogP contribution in [0.3, 0.4) is 0 Å². The Morgan fingerprint density at radius 2 is 1.57 bits per heavy atom. The first-order valence-corrected chi connectivity index (χ1v) is 12.0. The zero-order chi connectivity index (χ0) is 28.8. The molecule has 0 radical (unpaired) electrons. The van der Waals surface area contributed by atoms with E-state index in [-0.39, 0.29) is 17.7 Å². The molecule has 12 heteroatoms. The van der Waals surface area contributed by atoms with Crippen LogP contribution in [-0.2, 0) is 18.9 Å². The number of benzene rings is 2. The number of H-pyrrole nitrogens is 1. The monoisotopic (exact) mass is 562 g/mol. The standard InChI is InChI=1S/C28H21F7N4O/c1-36-22-12-16(8-10-37-22)25-23(15-2-5-18(6-3-15)27(30,31)32)24-21(9-11-38-26(24)40)39(25)14-17-4-7-19(13-20(17)29)28(33,34)35/h2-13,23,25H,14H2,1H3,(H,36,37)(H,38,40). The van der Waals surface area contributed by atoms with Crippen molar-refractivity contribution in [3.63, 3.8) is 0 Å². The number of halogens is 7. The van der Waals surface area contributed by atoms with E-state index in [0.717, 1.165) is 24.3 Å². The van der Waals surface area contributed by atoms with E-state index in [9.17, 15) is 35.5 Å². The van der Waals surface area contributed by atoms with Gasteiger partial charge in [-0.25, -0.2) is 9.37 Å². The highest BCUT2D eigenvalue weighted by Crippen LogP contribution is 2.51. The molecule has 0 bridgehead atoms. The van der Waals surface area contributed by atoms with Crippen LogP contribution in [0.5, 0.6) is 0 Å². The van der Waals surface area contributed by atoms with Crippen LogP contribution in [0.25, 0.3) is 0 Å². The third-order valence-corrected chi connectivity index (χ3v) is 6.95. The zero-order valence-electron chi connectivity index (χ0n) is 20.7. The number of aromatic nitrogens is 2. The summed E-state index contributed by atoms with van der Waals surface area (Å²) in [7, 11) is 1.64. The number of anilines is 2. The molecule has 5 rings (SSSR count). The number of pyridine rings is 2. The molecule has 3 heterocycles. The molecular weight excluding hydrogens is 541 g/mol.